The van der Waals surface area contributed by atoms with Gasteiger partial charge in [-0.15, -0.1) is 0 Å². The van der Waals surface area contributed by atoms with Gasteiger partial charge in [-0.05, 0) is 36.8 Å². The molecule has 5 heteroatoms. The molecule has 2 heterocycles. The van der Waals surface area contributed by atoms with Crippen LogP contribution in [0.5, 0.6) is 5.75 Å². The summed E-state index contributed by atoms with van der Waals surface area (Å²) in [7, 11) is 0. The van der Waals surface area contributed by atoms with Gasteiger partial charge in [0, 0.05) is 0 Å². The zero-order chi connectivity index (χ0) is 16.0. The van der Waals surface area contributed by atoms with Gasteiger partial charge in [0.1, 0.15) is 18.5 Å². The number of hydrogen-bond acceptors (Lipinski definition) is 4. The van der Waals surface area contributed by atoms with Gasteiger partial charge in [0.15, 0.2) is 0 Å². The molecule has 2 aromatic carbocycles. The summed E-state index contributed by atoms with van der Waals surface area (Å²) in [6.45, 7) is 3.04. The highest BCUT2D eigenvalue weighted by Gasteiger charge is 2.38. The van der Waals surface area contributed by atoms with Crippen LogP contribution in [0.15, 0.2) is 42.5 Å². The van der Waals surface area contributed by atoms with E-state index in [0.717, 1.165) is 5.56 Å². The van der Waals surface area contributed by atoms with Gasteiger partial charge in [-0.25, -0.2) is 4.90 Å². The number of aryl methyl sites for hydroxylation is 1. The molecule has 1 fully saturated rings. The van der Waals surface area contributed by atoms with Gasteiger partial charge < -0.3 is 9.47 Å². The van der Waals surface area contributed by atoms with Crippen LogP contribution < -0.4 is 9.64 Å². The maximum Gasteiger partial charge on any atom is 0.266 e. The Labute approximate surface area is 133 Å². The Balaban J connectivity index is 1.73. The summed E-state index contributed by atoms with van der Waals surface area (Å²) in [5.74, 6) is -0.112. The molecule has 2 aromatic rings. The van der Waals surface area contributed by atoms with Crippen molar-refractivity contribution in [1.29, 1.82) is 0 Å². The van der Waals surface area contributed by atoms with Crippen molar-refractivity contribution in [2.75, 3.05) is 18.1 Å². The Kier molecular flexibility index (Phi) is 3.16. The molecule has 2 aliphatic rings. The van der Waals surface area contributed by atoms with Crippen molar-refractivity contribution in [2.45, 2.75) is 13.0 Å². The molecule has 23 heavy (non-hydrogen) atoms. The second kappa shape index (κ2) is 5.21. The van der Waals surface area contributed by atoms with Gasteiger partial charge >= 0.3 is 0 Å². The largest absolute Gasteiger partial charge is 0.489 e. The van der Waals surface area contributed by atoms with E-state index in [9.17, 15) is 9.59 Å². The minimum Gasteiger partial charge on any atom is -0.489 e. The summed E-state index contributed by atoms with van der Waals surface area (Å²) < 4.78 is 10.9. The average molecular weight is 309 g/mol. The number of carbonyl (C=O) groups excluding carboxylic acids is 2. The molecule has 0 aromatic heterocycles. The van der Waals surface area contributed by atoms with Crippen LogP contribution in [0, 0.1) is 6.92 Å². The van der Waals surface area contributed by atoms with Crippen molar-refractivity contribution in [3.05, 3.63) is 59.2 Å². The smallest absolute Gasteiger partial charge is 0.266 e. The highest BCUT2D eigenvalue weighted by atomic mass is 16.6. The van der Waals surface area contributed by atoms with Crippen molar-refractivity contribution < 1.29 is 19.1 Å². The van der Waals surface area contributed by atoms with E-state index < -0.39 is 0 Å². The lowest BCUT2D eigenvalue weighted by Gasteiger charge is -2.18. The molecule has 1 atom stereocenters. The number of benzene rings is 2. The highest BCUT2D eigenvalue weighted by Crippen LogP contribution is 2.35. The number of anilines is 1. The maximum absolute atomic E-state index is 12.6. The topological polar surface area (TPSA) is 59.1 Å². The summed E-state index contributed by atoms with van der Waals surface area (Å²) in [6, 6.07) is 12.3. The fourth-order valence-corrected chi connectivity index (χ4v) is 2.68. The van der Waals surface area contributed by atoms with Crippen LogP contribution in [-0.4, -0.2) is 31.1 Å². The third-order valence-electron chi connectivity index (χ3n) is 3.98. The molecular weight excluding hydrogens is 294 g/mol. The molecule has 0 spiro atoms. The molecule has 4 rings (SSSR count). The van der Waals surface area contributed by atoms with Gasteiger partial charge in [0.25, 0.3) is 11.8 Å². The maximum atomic E-state index is 12.6. The molecule has 2 aliphatic heterocycles. The average Bonchev–Trinajstić information content (AvgIpc) is 3.35. The Bertz CT molecular complexity index is 775. The molecule has 0 aliphatic carbocycles. The summed E-state index contributed by atoms with van der Waals surface area (Å²) in [5, 5.41) is 0. The number of carbonyl (C=O) groups is 2. The first-order chi connectivity index (χ1) is 11.1. The molecule has 2 amide bonds. The second-order valence-electron chi connectivity index (χ2n) is 5.73. The molecule has 1 unspecified atom stereocenters. The molecule has 0 radical (unpaired) electrons. The van der Waals surface area contributed by atoms with Crippen molar-refractivity contribution in [1.82, 2.24) is 0 Å². The standard InChI is InChI=1S/C18H15NO4/c1-11-6-7-15(16(8-11)23-10-12-9-22-12)19-17(20)13-4-2-3-5-14(13)18(19)21/h2-8,12H,9-10H2,1H3. The number of epoxide rings is 1. The minimum absolute atomic E-state index is 0.102. The van der Waals surface area contributed by atoms with Crippen LogP contribution in [0.25, 0.3) is 0 Å². The van der Waals surface area contributed by atoms with Crippen LogP contribution in [0.3, 0.4) is 0 Å². The van der Waals surface area contributed by atoms with Crippen LogP contribution in [0.2, 0.25) is 0 Å². The number of nitrogens with zero attached hydrogens (tertiary/aromatic N) is 1. The van der Waals surface area contributed by atoms with Gasteiger partial charge in [0.05, 0.1) is 23.4 Å². The molecule has 0 saturated carbocycles. The second-order valence-corrected chi connectivity index (χ2v) is 5.73. The van der Waals surface area contributed by atoms with Crippen molar-refractivity contribution >= 4 is 17.5 Å². The van der Waals surface area contributed by atoms with E-state index >= 15 is 0 Å². The first-order valence-electron chi connectivity index (χ1n) is 7.48. The first-order valence-corrected chi connectivity index (χ1v) is 7.48. The van der Waals surface area contributed by atoms with E-state index in [4.69, 9.17) is 9.47 Å². The summed E-state index contributed by atoms with van der Waals surface area (Å²) in [6.07, 6.45) is 0.102. The van der Waals surface area contributed by atoms with E-state index in [0.29, 0.717) is 35.8 Å². The summed E-state index contributed by atoms with van der Waals surface area (Å²) in [5.41, 5.74) is 2.32. The number of amides is 2. The van der Waals surface area contributed by atoms with Crippen molar-refractivity contribution in [3.63, 3.8) is 0 Å². The normalized spacial score (nSPS) is 19.0. The summed E-state index contributed by atoms with van der Waals surface area (Å²) >= 11 is 0. The van der Waals surface area contributed by atoms with E-state index in [1.165, 1.54) is 4.90 Å². The number of imide groups is 1. The predicted molar refractivity (Wildman–Crippen MR) is 84.0 cm³/mol. The zero-order valence-electron chi connectivity index (χ0n) is 12.6. The molecule has 5 nitrogen and oxygen atoms in total. The highest BCUT2D eigenvalue weighted by molar-refractivity contribution is 6.34. The van der Waals surface area contributed by atoms with Crippen LogP contribution in [0.4, 0.5) is 5.69 Å². The van der Waals surface area contributed by atoms with Gasteiger partial charge in [-0.3, -0.25) is 9.59 Å². The van der Waals surface area contributed by atoms with Gasteiger partial charge in [-0.2, -0.15) is 0 Å². The Morgan fingerprint density at radius 2 is 1.78 bits per heavy atom. The SMILES string of the molecule is Cc1ccc(N2C(=O)c3ccccc3C2=O)c(OCC2CO2)c1. The Hall–Kier alpha value is -2.66. The third-order valence-corrected chi connectivity index (χ3v) is 3.98. The Morgan fingerprint density at radius 1 is 1.13 bits per heavy atom. The molecule has 0 bridgehead atoms. The monoisotopic (exact) mass is 309 g/mol. The molecule has 0 N–H and O–H groups in total. The lowest BCUT2D eigenvalue weighted by atomic mass is 10.1. The van der Waals surface area contributed by atoms with Crippen molar-refractivity contribution in [2.24, 2.45) is 0 Å². The van der Waals surface area contributed by atoms with Gasteiger partial charge in [0.2, 0.25) is 0 Å². The summed E-state index contributed by atoms with van der Waals surface area (Å²) in [4.78, 5) is 26.4. The minimum atomic E-state index is -0.318. The van der Waals surface area contributed by atoms with Crippen LogP contribution in [-0.2, 0) is 4.74 Å². The van der Waals surface area contributed by atoms with Crippen LogP contribution in [0.1, 0.15) is 26.3 Å². The Morgan fingerprint density at radius 3 is 2.39 bits per heavy atom. The lowest BCUT2D eigenvalue weighted by Crippen LogP contribution is -2.30. The van der Waals surface area contributed by atoms with Crippen LogP contribution >= 0.6 is 0 Å². The third kappa shape index (κ3) is 2.39. The van der Waals surface area contributed by atoms with E-state index in [2.05, 4.69) is 0 Å². The zero-order valence-corrected chi connectivity index (χ0v) is 12.6. The number of rotatable bonds is 4. The number of fused-ring (bicyclic) bond motifs is 1. The molecular formula is C18H15NO4. The molecule has 1 saturated heterocycles. The number of hydrogen-bond donors (Lipinski definition) is 0. The van der Waals surface area contributed by atoms with Crippen molar-refractivity contribution in [3.8, 4) is 5.75 Å². The molecule has 116 valence electrons. The first kappa shape index (κ1) is 14.0. The lowest BCUT2D eigenvalue weighted by molar-refractivity contribution is 0.0924. The predicted octanol–water partition coefficient (Wildman–Crippen LogP) is 2.57. The van der Waals surface area contributed by atoms with E-state index in [1.807, 2.05) is 19.1 Å². The fourth-order valence-electron chi connectivity index (χ4n) is 2.68. The van der Waals surface area contributed by atoms with Gasteiger partial charge in [-0.1, -0.05) is 18.2 Å². The van der Waals surface area contributed by atoms with E-state index in [1.54, 1.807) is 30.3 Å². The number of ether oxygens (including phenoxy) is 2. The van der Waals surface area contributed by atoms with E-state index in [-0.39, 0.29) is 17.9 Å². The quantitative estimate of drug-likeness (QED) is 0.643. The fraction of sp³-hybridized carbons (Fsp3) is 0.222.